The van der Waals surface area contributed by atoms with E-state index in [0.29, 0.717) is 5.69 Å². The van der Waals surface area contributed by atoms with Gasteiger partial charge in [-0.05, 0) is 34.7 Å². The number of nitrogens with one attached hydrogen (secondary N) is 2. The maximum Gasteiger partial charge on any atom is 0.323 e. The van der Waals surface area contributed by atoms with Crippen molar-refractivity contribution in [3.05, 3.63) is 27.8 Å². The van der Waals surface area contributed by atoms with Crippen LogP contribution in [0.25, 0.3) is 0 Å². The summed E-state index contributed by atoms with van der Waals surface area (Å²) in [5.41, 5.74) is 0.654. The molecule has 0 fully saturated rings. The van der Waals surface area contributed by atoms with Crippen LogP contribution in [0.2, 0.25) is 0 Å². The SMILES string of the molecule is O=C(O)CNC(=O)Nc1ccccc1I. The predicted octanol–water partition coefficient (Wildman–Crippen LogP) is 1.50. The number of carboxylic acid groups (broad SMARTS) is 1. The van der Waals surface area contributed by atoms with Crippen molar-refractivity contribution in [1.29, 1.82) is 0 Å². The number of urea groups is 1. The van der Waals surface area contributed by atoms with E-state index in [0.717, 1.165) is 3.57 Å². The molecule has 0 aromatic heterocycles. The summed E-state index contributed by atoms with van der Waals surface area (Å²) in [6.07, 6.45) is 0. The number of carbonyl (C=O) groups is 2. The molecule has 0 heterocycles. The van der Waals surface area contributed by atoms with E-state index in [1.165, 1.54) is 0 Å². The van der Waals surface area contributed by atoms with Gasteiger partial charge in [0, 0.05) is 3.57 Å². The van der Waals surface area contributed by atoms with Crippen molar-refractivity contribution >= 4 is 40.3 Å². The highest BCUT2D eigenvalue weighted by molar-refractivity contribution is 14.1. The molecule has 0 aliphatic carbocycles. The van der Waals surface area contributed by atoms with Gasteiger partial charge in [-0.3, -0.25) is 4.79 Å². The first kappa shape index (κ1) is 11.8. The average molecular weight is 320 g/mol. The maximum atomic E-state index is 11.2. The number of carboxylic acids is 1. The number of rotatable bonds is 3. The Morgan fingerprint density at radius 2 is 2.00 bits per heavy atom. The van der Waals surface area contributed by atoms with Gasteiger partial charge in [0.2, 0.25) is 0 Å². The van der Waals surface area contributed by atoms with Gasteiger partial charge in [0.1, 0.15) is 6.54 Å². The highest BCUT2D eigenvalue weighted by Crippen LogP contribution is 2.16. The van der Waals surface area contributed by atoms with Gasteiger partial charge in [0.15, 0.2) is 0 Å². The van der Waals surface area contributed by atoms with Crippen LogP contribution in [-0.4, -0.2) is 23.7 Å². The molecule has 0 spiro atoms. The van der Waals surface area contributed by atoms with E-state index in [1.54, 1.807) is 12.1 Å². The molecule has 0 saturated carbocycles. The Morgan fingerprint density at radius 1 is 1.33 bits per heavy atom. The number of carbonyl (C=O) groups excluding carboxylic acids is 1. The zero-order valence-corrected chi connectivity index (χ0v) is 9.82. The summed E-state index contributed by atoms with van der Waals surface area (Å²) in [5, 5.41) is 13.1. The standard InChI is InChI=1S/C9H9IN2O3/c10-6-3-1-2-4-7(6)12-9(15)11-5-8(13)14/h1-4H,5H2,(H,13,14)(H2,11,12,15). The van der Waals surface area contributed by atoms with Crippen LogP contribution in [0.5, 0.6) is 0 Å². The first-order valence-electron chi connectivity index (χ1n) is 4.11. The Balaban J connectivity index is 2.52. The number of anilines is 1. The van der Waals surface area contributed by atoms with Crippen LogP contribution in [-0.2, 0) is 4.79 Å². The number of halogens is 1. The highest BCUT2D eigenvalue weighted by atomic mass is 127. The van der Waals surface area contributed by atoms with E-state index in [1.807, 2.05) is 12.1 Å². The van der Waals surface area contributed by atoms with Gasteiger partial charge in [0.05, 0.1) is 5.69 Å². The number of amides is 2. The summed E-state index contributed by atoms with van der Waals surface area (Å²) >= 11 is 2.08. The van der Waals surface area contributed by atoms with Gasteiger partial charge in [-0.25, -0.2) is 4.79 Å². The van der Waals surface area contributed by atoms with Gasteiger partial charge in [0.25, 0.3) is 0 Å². The van der Waals surface area contributed by atoms with Crippen LogP contribution < -0.4 is 10.6 Å². The Kier molecular flexibility index (Phi) is 4.35. The molecule has 0 atom stereocenters. The van der Waals surface area contributed by atoms with Crippen molar-refractivity contribution in [2.75, 3.05) is 11.9 Å². The molecule has 15 heavy (non-hydrogen) atoms. The van der Waals surface area contributed by atoms with Crippen molar-refractivity contribution in [2.24, 2.45) is 0 Å². The molecule has 0 bridgehead atoms. The predicted molar refractivity (Wildman–Crippen MR) is 63.8 cm³/mol. The third kappa shape index (κ3) is 4.15. The van der Waals surface area contributed by atoms with Gasteiger partial charge in [-0.2, -0.15) is 0 Å². The number of hydrogen-bond donors (Lipinski definition) is 3. The fourth-order valence-electron chi connectivity index (χ4n) is 0.885. The molecule has 1 aromatic rings. The first-order valence-corrected chi connectivity index (χ1v) is 5.18. The molecular formula is C9H9IN2O3. The quantitative estimate of drug-likeness (QED) is 0.739. The van der Waals surface area contributed by atoms with Crippen LogP contribution in [0.4, 0.5) is 10.5 Å². The molecule has 6 heteroatoms. The van der Waals surface area contributed by atoms with Gasteiger partial charge in [-0.15, -0.1) is 0 Å². The van der Waals surface area contributed by atoms with E-state index in [9.17, 15) is 9.59 Å². The molecule has 2 amide bonds. The van der Waals surface area contributed by atoms with Gasteiger partial charge < -0.3 is 15.7 Å². The molecule has 0 aliphatic rings. The maximum absolute atomic E-state index is 11.2. The van der Waals surface area contributed by atoms with Crippen molar-refractivity contribution < 1.29 is 14.7 Å². The lowest BCUT2D eigenvalue weighted by atomic mass is 10.3. The molecular weight excluding hydrogens is 311 g/mol. The second kappa shape index (κ2) is 5.54. The van der Waals surface area contributed by atoms with E-state index in [2.05, 4.69) is 33.2 Å². The van der Waals surface area contributed by atoms with Crippen LogP contribution >= 0.6 is 22.6 Å². The fraction of sp³-hybridized carbons (Fsp3) is 0.111. The second-order valence-corrected chi connectivity index (χ2v) is 3.84. The molecule has 0 aliphatic heterocycles. The Hall–Kier alpha value is -1.31. The third-order valence-corrected chi connectivity index (χ3v) is 2.46. The Bertz CT molecular complexity index is 381. The minimum atomic E-state index is -1.08. The van der Waals surface area contributed by atoms with Crippen LogP contribution in [0.1, 0.15) is 0 Å². The van der Waals surface area contributed by atoms with Gasteiger partial charge >= 0.3 is 12.0 Å². The summed E-state index contributed by atoms with van der Waals surface area (Å²) in [6.45, 7) is -0.394. The molecule has 0 saturated heterocycles. The number of para-hydroxylation sites is 1. The summed E-state index contributed by atoms with van der Waals surface area (Å²) < 4.78 is 0.889. The Morgan fingerprint density at radius 3 is 2.60 bits per heavy atom. The van der Waals surface area contributed by atoms with Crippen molar-refractivity contribution in [3.8, 4) is 0 Å². The van der Waals surface area contributed by atoms with Crippen LogP contribution in [0.15, 0.2) is 24.3 Å². The molecule has 80 valence electrons. The first-order chi connectivity index (χ1) is 7.09. The average Bonchev–Trinajstić information content (AvgIpc) is 2.18. The molecule has 1 rings (SSSR count). The summed E-state index contributed by atoms with van der Waals surface area (Å²) in [5.74, 6) is -1.08. The van der Waals surface area contributed by atoms with E-state index in [4.69, 9.17) is 5.11 Å². The van der Waals surface area contributed by atoms with Crippen molar-refractivity contribution in [3.63, 3.8) is 0 Å². The van der Waals surface area contributed by atoms with E-state index >= 15 is 0 Å². The minimum absolute atomic E-state index is 0.394. The molecule has 3 N–H and O–H groups in total. The lowest BCUT2D eigenvalue weighted by Gasteiger charge is -2.07. The normalized spacial score (nSPS) is 9.40. The summed E-state index contributed by atoms with van der Waals surface area (Å²) in [6, 6.07) is 6.69. The molecule has 0 unspecified atom stereocenters. The number of benzene rings is 1. The summed E-state index contributed by atoms with van der Waals surface area (Å²) in [7, 11) is 0. The minimum Gasteiger partial charge on any atom is -0.480 e. The van der Waals surface area contributed by atoms with Gasteiger partial charge in [-0.1, -0.05) is 12.1 Å². The zero-order valence-electron chi connectivity index (χ0n) is 7.66. The lowest BCUT2D eigenvalue weighted by Crippen LogP contribution is -2.33. The van der Waals surface area contributed by atoms with Crippen molar-refractivity contribution in [2.45, 2.75) is 0 Å². The molecule has 1 aromatic carbocycles. The second-order valence-electron chi connectivity index (χ2n) is 2.68. The topological polar surface area (TPSA) is 78.4 Å². The molecule has 0 radical (unpaired) electrons. The summed E-state index contributed by atoms with van der Waals surface area (Å²) in [4.78, 5) is 21.4. The largest absolute Gasteiger partial charge is 0.480 e. The fourth-order valence-corrected chi connectivity index (χ4v) is 1.41. The smallest absolute Gasteiger partial charge is 0.323 e. The molecule has 5 nitrogen and oxygen atoms in total. The lowest BCUT2D eigenvalue weighted by molar-refractivity contribution is -0.135. The highest BCUT2D eigenvalue weighted by Gasteiger charge is 2.05. The monoisotopic (exact) mass is 320 g/mol. The number of hydrogen-bond acceptors (Lipinski definition) is 2. The van der Waals surface area contributed by atoms with E-state index in [-0.39, 0.29) is 0 Å². The van der Waals surface area contributed by atoms with Crippen LogP contribution in [0.3, 0.4) is 0 Å². The van der Waals surface area contributed by atoms with Crippen molar-refractivity contribution in [1.82, 2.24) is 5.32 Å². The number of aliphatic carboxylic acids is 1. The third-order valence-electron chi connectivity index (χ3n) is 1.52. The van der Waals surface area contributed by atoms with Crippen LogP contribution in [0, 0.1) is 3.57 Å². The zero-order chi connectivity index (χ0) is 11.3. The van der Waals surface area contributed by atoms with E-state index < -0.39 is 18.5 Å². The Labute approximate surface area is 100 Å².